The highest BCUT2D eigenvalue weighted by atomic mass is 19.1. The van der Waals surface area contributed by atoms with E-state index in [9.17, 15) is 18.4 Å². The number of hydrogen-bond acceptors (Lipinski definition) is 3. The summed E-state index contributed by atoms with van der Waals surface area (Å²) in [6.07, 6.45) is 1.71. The molecule has 2 rings (SSSR count). The fourth-order valence-electron chi connectivity index (χ4n) is 2.12. The van der Waals surface area contributed by atoms with Gasteiger partial charge in [-0.25, -0.2) is 8.78 Å². The van der Waals surface area contributed by atoms with Crippen molar-refractivity contribution in [2.24, 2.45) is 0 Å². The number of rotatable bonds is 5. The van der Waals surface area contributed by atoms with Crippen LogP contribution in [0.25, 0.3) is 0 Å². The van der Waals surface area contributed by atoms with Gasteiger partial charge in [-0.3, -0.25) is 9.59 Å². The summed E-state index contributed by atoms with van der Waals surface area (Å²) in [6.45, 7) is 0.171. The predicted octanol–water partition coefficient (Wildman–Crippen LogP) is 1.66. The number of fused-ring (bicyclic) bond motifs is 1. The lowest BCUT2D eigenvalue weighted by Crippen LogP contribution is -2.31. The Morgan fingerprint density at radius 1 is 1.05 bits per heavy atom. The average Bonchev–Trinajstić information content (AvgIpc) is 2.65. The Kier molecular flexibility index (Phi) is 3.90. The zero-order valence-electron chi connectivity index (χ0n) is 10.2. The molecule has 1 aromatic carbocycles. The van der Waals surface area contributed by atoms with Crippen molar-refractivity contribution in [3.8, 4) is 0 Å². The first-order valence-corrected chi connectivity index (χ1v) is 6.03. The number of aliphatic hydroxyl groups excluding tert-OH is 1. The second kappa shape index (κ2) is 5.44. The van der Waals surface area contributed by atoms with Gasteiger partial charge in [0, 0.05) is 13.2 Å². The molecule has 1 amide bonds. The molecule has 6 heteroatoms. The van der Waals surface area contributed by atoms with Crippen LogP contribution in [0, 0.1) is 11.6 Å². The van der Waals surface area contributed by atoms with Crippen LogP contribution in [0.3, 0.4) is 0 Å². The molecular formula is C13H13F2NO3. The van der Waals surface area contributed by atoms with Gasteiger partial charge in [0.25, 0.3) is 11.7 Å². The van der Waals surface area contributed by atoms with Crippen LogP contribution < -0.4 is 4.90 Å². The van der Waals surface area contributed by atoms with E-state index >= 15 is 0 Å². The number of benzene rings is 1. The largest absolute Gasteiger partial charge is 0.396 e. The number of anilines is 1. The third-order valence-electron chi connectivity index (χ3n) is 3.05. The highest BCUT2D eigenvalue weighted by molar-refractivity contribution is 6.52. The lowest BCUT2D eigenvalue weighted by molar-refractivity contribution is -0.114. The third-order valence-corrected chi connectivity index (χ3v) is 3.05. The number of carbonyl (C=O) groups excluding carboxylic acids is 2. The number of amides is 1. The standard InChI is InChI=1S/C13H13F2NO3/c14-8-4-5-9(15)11-10(8)12(18)13(19)16(11)6-2-1-3-7-17/h4-5,17H,1-3,6-7H2. The minimum atomic E-state index is -1.01. The summed E-state index contributed by atoms with van der Waals surface area (Å²) in [4.78, 5) is 24.3. The van der Waals surface area contributed by atoms with Gasteiger partial charge in [0.15, 0.2) is 0 Å². The van der Waals surface area contributed by atoms with Crippen molar-refractivity contribution in [3.63, 3.8) is 0 Å². The molecule has 0 radical (unpaired) electrons. The maximum absolute atomic E-state index is 13.7. The van der Waals surface area contributed by atoms with Crippen LogP contribution in [0.5, 0.6) is 0 Å². The molecule has 102 valence electrons. The molecule has 0 saturated carbocycles. The molecule has 0 unspecified atom stereocenters. The highest BCUT2D eigenvalue weighted by Gasteiger charge is 2.40. The van der Waals surface area contributed by atoms with Crippen LogP contribution in [-0.2, 0) is 4.79 Å². The van der Waals surface area contributed by atoms with E-state index in [-0.39, 0.29) is 18.8 Å². The van der Waals surface area contributed by atoms with Gasteiger partial charge < -0.3 is 10.0 Å². The normalized spacial score (nSPS) is 14.2. The van der Waals surface area contributed by atoms with Gasteiger partial charge >= 0.3 is 0 Å². The Balaban J connectivity index is 2.26. The van der Waals surface area contributed by atoms with E-state index in [1.54, 1.807) is 0 Å². The molecule has 0 aliphatic carbocycles. The van der Waals surface area contributed by atoms with Gasteiger partial charge in [0.05, 0.1) is 11.3 Å². The van der Waals surface area contributed by atoms with E-state index in [4.69, 9.17) is 5.11 Å². The summed E-state index contributed by atoms with van der Waals surface area (Å²) < 4.78 is 27.2. The van der Waals surface area contributed by atoms with Crippen molar-refractivity contribution in [1.29, 1.82) is 0 Å². The molecule has 19 heavy (non-hydrogen) atoms. The summed E-state index contributed by atoms with van der Waals surface area (Å²) in [5.41, 5.74) is -0.744. The summed E-state index contributed by atoms with van der Waals surface area (Å²) in [5.74, 6) is -3.57. The molecule has 1 aromatic rings. The van der Waals surface area contributed by atoms with E-state index in [0.717, 1.165) is 17.0 Å². The Morgan fingerprint density at radius 2 is 1.74 bits per heavy atom. The molecule has 4 nitrogen and oxygen atoms in total. The van der Waals surface area contributed by atoms with Crippen molar-refractivity contribution in [3.05, 3.63) is 29.3 Å². The number of halogens is 2. The SMILES string of the molecule is O=C1C(=O)N(CCCCCO)c2c(F)ccc(F)c21. The minimum Gasteiger partial charge on any atom is -0.396 e. The second-order valence-electron chi connectivity index (χ2n) is 4.32. The van der Waals surface area contributed by atoms with Crippen molar-refractivity contribution in [1.82, 2.24) is 0 Å². The summed E-state index contributed by atoms with van der Waals surface area (Å²) in [5, 5.41) is 8.65. The van der Waals surface area contributed by atoms with Gasteiger partial charge in [-0.2, -0.15) is 0 Å². The summed E-state index contributed by atoms with van der Waals surface area (Å²) in [7, 11) is 0. The van der Waals surface area contributed by atoms with E-state index in [1.165, 1.54) is 0 Å². The molecule has 0 aromatic heterocycles. The topological polar surface area (TPSA) is 57.6 Å². The van der Waals surface area contributed by atoms with Crippen LogP contribution in [0.4, 0.5) is 14.5 Å². The van der Waals surface area contributed by atoms with Crippen molar-refractivity contribution in [2.45, 2.75) is 19.3 Å². The smallest absolute Gasteiger partial charge is 0.299 e. The first-order valence-electron chi connectivity index (χ1n) is 6.03. The number of carbonyl (C=O) groups is 2. The van der Waals surface area contributed by atoms with Gasteiger partial charge in [-0.15, -0.1) is 0 Å². The van der Waals surface area contributed by atoms with Gasteiger partial charge in [0.1, 0.15) is 11.6 Å². The molecule has 0 atom stereocenters. The van der Waals surface area contributed by atoms with E-state index in [2.05, 4.69) is 0 Å². The third kappa shape index (κ3) is 2.35. The highest BCUT2D eigenvalue weighted by Crippen LogP contribution is 2.33. The van der Waals surface area contributed by atoms with Crippen LogP contribution in [0.1, 0.15) is 29.6 Å². The van der Waals surface area contributed by atoms with Crippen LogP contribution in [0.15, 0.2) is 12.1 Å². The molecule has 1 aliphatic rings. The zero-order chi connectivity index (χ0) is 14.0. The lowest BCUT2D eigenvalue weighted by atomic mass is 10.1. The minimum absolute atomic E-state index is 0.0342. The molecular weight excluding hydrogens is 256 g/mol. The van der Waals surface area contributed by atoms with Crippen molar-refractivity contribution < 1.29 is 23.5 Å². The molecule has 0 fully saturated rings. The Bertz CT molecular complexity index is 531. The number of hydrogen-bond donors (Lipinski definition) is 1. The second-order valence-corrected chi connectivity index (χ2v) is 4.32. The van der Waals surface area contributed by atoms with E-state index < -0.39 is 28.9 Å². The average molecular weight is 269 g/mol. The van der Waals surface area contributed by atoms with Gasteiger partial charge in [0.2, 0.25) is 0 Å². The van der Waals surface area contributed by atoms with Crippen LogP contribution in [0.2, 0.25) is 0 Å². The Labute approximate surface area is 108 Å². The molecule has 1 N–H and O–H groups in total. The predicted molar refractivity (Wildman–Crippen MR) is 64.0 cm³/mol. The number of aliphatic hydroxyl groups is 1. The van der Waals surface area contributed by atoms with Crippen molar-refractivity contribution in [2.75, 3.05) is 18.1 Å². The van der Waals surface area contributed by atoms with Crippen LogP contribution in [-0.4, -0.2) is 29.9 Å². The monoisotopic (exact) mass is 269 g/mol. The van der Waals surface area contributed by atoms with E-state index in [1.807, 2.05) is 0 Å². The molecule has 0 saturated heterocycles. The molecule has 1 heterocycles. The van der Waals surface area contributed by atoms with Crippen LogP contribution >= 0.6 is 0 Å². The number of unbranched alkanes of at least 4 members (excludes halogenated alkanes) is 2. The lowest BCUT2D eigenvalue weighted by Gasteiger charge is -2.16. The maximum atomic E-state index is 13.7. The first kappa shape index (κ1) is 13.6. The first-order chi connectivity index (χ1) is 9.07. The number of nitrogens with zero attached hydrogens (tertiary/aromatic N) is 1. The molecule has 0 bridgehead atoms. The number of ketones is 1. The fourth-order valence-corrected chi connectivity index (χ4v) is 2.12. The maximum Gasteiger partial charge on any atom is 0.299 e. The zero-order valence-corrected chi connectivity index (χ0v) is 10.2. The summed E-state index contributed by atoms with van der Waals surface area (Å²) in [6, 6.07) is 1.75. The Morgan fingerprint density at radius 3 is 2.42 bits per heavy atom. The van der Waals surface area contributed by atoms with Crippen molar-refractivity contribution >= 4 is 17.4 Å². The summed E-state index contributed by atoms with van der Waals surface area (Å²) >= 11 is 0. The van der Waals surface area contributed by atoms with E-state index in [0.29, 0.717) is 19.3 Å². The fraction of sp³-hybridized carbons (Fsp3) is 0.385. The van der Waals surface area contributed by atoms with Gasteiger partial charge in [-0.05, 0) is 31.4 Å². The Hall–Kier alpha value is -1.82. The molecule has 1 aliphatic heterocycles. The molecule has 0 spiro atoms. The quantitative estimate of drug-likeness (QED) is 0.653. The number of Topliss-reactive ketones (excluding diaryl/α,β-unsaturated/α-hetero) is 1. The van der Waals surface area contributed by atoms with Gasteiger partial charge in [-0.1, -0.05) is 0 Å².